The molecule has 0 aliphatic rings. The second-order valence-corrected chi connectivity index (χ2v) is 5.51. The van der Waals surface area contributed by atoms with Crippen molar-refractivity contribution in [3.63, 3.8) is 0 Å². The molecule has 6 heteroatoms. The van der Waals surface area contributed by atoms with E-state index in [2.05, 4.69) is 10.3 Å². The summed E-state index contributed by atoms with van der Waals surface area (Å²) in [4.78, 5) is 25.5. The van der Waals surface area contributed by atoms with Gasteiger partial charge in [0.2, 0.25) is 0 Å². The second kappa shape index (κ2) is 6.00. The molecular weight excluding hydrogens is 294 g/mol. The van der Waals surface area contributed by atoms with Crippen molar-refractivity contribution in [1.29, 1.82) is 0 Å². The first-order chi connectivity index (χ1) is 11.0. The van der Waals surface area contributed by atoms with E-state index in [0.29, 0.717) is 6.54 Å². The van der Waals surface area contributed by atoms with Crippen LogP contribution in [0.2, 0.25) is 0 Å². The molecule has 6 nitrogen and oxygen atoms in total. The van der Waals surface area contributed by atoms with Crippen LogP contribution in [0.15, 0.2) is 47.3 Å². The molecule has 0 bridgehead atoms. The van der Waals surface area contributed by atoms with Crippen molar-refractivity contribution in [3.8, 4) is 0 Å². The lowest BCUT2D eigenvalue weighted by Gasteiger charge is -2.06. The third kappa shape index (κ3) is 3.26. The first kappa shape index (κ1) is 14.9. The third-order valence-electron chi connectivity index (χ3n) is 3.74. The molecule has 0 saturated heterocycles. The molecule has 0 aliphatic heterocycles. The number of hydrogen-bond acceptors (Lipinski definition) is 2. The first-order valence-corrected chi connectivity index (χ1v) is 7.27. The Morgan fingerprint density at radius 2 is 1.87 bits per heavy atom. The molecule has 0 unspecified atom stereocenters. The highest BCUT2D eigenvalue weighted by Gasteiger charge is 2.07. The predicted octanol–water partition coefficient (Wildman–Crippen LogP) is 2.45. The van der Waals surface area contributed by atoms with Crippen molar-refractivity contribution in [3.05, 3.63) is 69.6 Å². The molecule has 0 spiro atoms. The Bertz CT molecular complexity index is 907. The van der Waals surface area contributed by atoms with Crippen molar-refractivity contribution in [2.75, 3.05) is 0 Å². The minimum absolute atomic E-state index is 0.137. The van der Waals surface area contributed by atoms with Crippen LogP contribution >= 0.6 is 0 Å². The summed E-state index contributed by atoms with van der Waals surface area (Å²) in [5.41, 5.74) is 4.52. The van der Waals surface area contributed by atoms with Crippen LogP contribution in [-0.4, -0.2) is 20.8 Å². The van der Waals surface area contributed by atoms with E-state index in [4.69, 9.17) is 5.11 Å². The fourth-order valence-corrected chi connectivity index (χ4v) is 2.54. The van der Waals surface area contributed by atoms with E-state index in [9.17, 15) is 9.59 Å². The van der Waals surface area contributed by atoms with Crippen LogP contribution in [0.5, 0.6) is 0 Å². The zero-order chi connectivity index (χ0) is 16.4. The third-order valence-corrected chi connectivity index (χ3v) is 3.74. The monoisotopic (exact) mass is 311 g/mol. The molecule has 23 heavy (non-hydrogen) atoms. The number of imidazole rings is 1. The van der Waals surface area contributed by atoms with E-state index in [1.165, 1.54) is 0 Å². The molecule has 0 radical (unpaired) electrons. The molecule has 0 saturated carbocycles. The zero-order valence-electron chi connectivity index (χ0n) is 12.7. The fourth-order valence-electron chi connectivity index (χ4n) is 2.54. The van der Waals surface area contributed by atoms with Crippen LogP contribution in [0, 0.1) is 6.92 Å². The number of aromatic nitrogens is 2. The Morgan fingerprint density at radius 3 is 2.57 bits per heavy atom. The number of nitrogens with zero attached hydrogens (tertiary/aromatic N) is 1. The van der Waals surface area contributed by atoms with Crippen LogP contribution in [0.25, 0.3) is 11.0 Å². The normalized spacial score (nSPS) is 10.8. The Hall–Kier alpha value is -3.02. The van der Waals surface area contributed by atoms with Crippen LogP contribution in [0.1, 0.15) is 16.7 Å². The van der Waals surface area contributed by atoms with Crippen molar-refractivity contribution < 1.29 is 9.90 Å². The molecule has 0 atom stereocenters. The smallest absolute Gasteiger partial charge is 0.404 e. The largest absolute Gasteiger partial charge is 0.465 e. The molecule has 1 amide bonds. The molecule has 0 fully saturated rings. The van der Waals surface area contributed by atoms with Crippen LogP contribution in [0.4, 0.5) is 4.79 Å². The molecule has 1 aromatic heterocycles. The number of aryl methyl sites for hydroxylation is 1. The van der Waals surface area contributed by atoms with Gasteiger partial charge in [-0.15, -0.1) is 0 Å². The summed E-state index contributed by atoms with van der Waals surface area (Å²) in [6, 6.07) is 13.4. The standard InChI is InChI=1S/C17H17N3O3/c1-11-2-7-14-15(8-11)20(16(21)19-14)10-13-5-3-12(4-6-13)9-18-17(22)23/h2-8,18H,9-10H2,1H3,(H,19,21)(H,22,23). The number of carboxylic acid groups (broad SMARTS) is 1. The molecule has 3 N–H and O–H groups in total. The Morgan fingerprint density at radius 1 is 1.17 bits per heavy atom. The van der Waals surface area contributed by atoms with E-state index in [1.807, 2.05) is 49.4 Å². The van der Waals surface area contributed by atoms with Gasteiger partial charge in [0.1, 0.15) is 0 Å². The summed E-state index contributed by atoms with van der Waals surface area (Å²) in [5.74, 6) is 0. The van der Waals surface area contributed by atoms with Crippen LogP contribution in [0.3, 0.4) is 0 Å². The van der Waals surface area contributed by atoms with Gasteiger partial charge in [0.25, 0.3) is 0 Å². The zero-order valence-corrected chi connectivity index (χ0v) is 12.7. The maximum Gasteiger partial charge on any atom is 0.404 e. The van der Waals surface area contributed by atoms with Gasteiger partial charge < -0.3 is 15.4 Å². The lowest BCUT2D eigenvalue weighted by Crippen LogP contribution is -2.20. The number of rotatable bonds is 4. The fraction of sp³-hybridized carbons (Fsp3) is 0.176. The lowest BCUT2D eigenvalue weighted by atomic mass is 10.1. The maximum atomic E-state index is 12.1. The Balaban J connectivity index is 1.84. The summed E-state index contributed by atoms with van der Waals surface area (Å²) < 4.78 is 1.70. The highest BCUT2D eigenvalue weighted by molar-refractivity contribution is 5.76. The molecule has 118 valence electrons. The molecule has 3 aromatic rings. The van der Waals surface area contributed by atoms with E-state index in [-0.39, 0.29) is 12.2 Å². The molecular formula is C17H17N3O3. The number of fused-ring (bicyclic) bond motifs is 1. The van der Waals surface area contributed by atoms with Crippen molar-refractivity contribution in [2.24, 2.45) is 0 Å². The summed E-state index contributed by atoms with van der Waals surface area (Å²) >= 11 is 0. The maximum absolute atomic E-state index is 12.1. The molecule has 2 aromatic carbocycles. The molecule has 0 aliphatic carbocycles. The summed E-state index contributed by atoms with van der Waals surface area (Å²) in [7, 11) is 0. The van der Waals surface area contributed by atoms with Gasteiger partial charge in [0.15, 0.2) is 0 Å². The number of benzene rings is 2. The van der Waals surface area contributed by atoms with E-state index in [0.717, 1.165) is 27.7 Å². The summed E-state index contributed by atoms with van der Waals surface area (Å²) in [6.07, 6.45) is -1.05. The van der Waals surface area contributed by atoms with E-state index < -0.39 is 6.09 Å². The average Bonchev–Trinajstić information content (AvgIpc) is 2.82. The first-order valence-electron chi connectivity index (χ1n) is 7.27. The highest BCUT2D eigenvalue weighted by atomic mass is 16.4. The van der Waals surface area contributed by atoms with Gasteiger partial charge in [-0.1, -0.05) is 30.3 Å². The van der Waals surface area contributed by atoms with Crippen molar-refractivity contribution >= 4 is 17.1 Å². The van der Waals surface area contributed by atoms with Crippen molar-refractivity contribution in [2.45, 2.75) is 20.0 Å². The minimum atomic E-state index is -1.05. The number of hydrogen-bond donors (Lipinski definition) is 3. The minimum Gasteiger partial charge on any atom is -0.465 e. The van der Waals surface area contributed by atoms with Gasteiger partial charge in [0.05, 0.1) is 17.6 Å². The average molecular weight is 311 g/mol. The van der Waals surface area contributed by atoms with Gasteiger partial charge >= 0.3 is 11.8 Å². The number of nitrogens with one attached hydrogen (secondary N) is 2. The lowest BCUT2D eigenvalue weighted by molar-refractivity contribution is 0.194. The second-order valence-electron chi connectivity index (χ2n) is 5.51. The highest BCUT2D eigenvalue weighted by Crippen LogP contribution is 2.14. The Kier molecular flexibility index (Phi) is 3.89. The van der Waals surface area contributed by atoms with E-state index >= 15 is 0 Å². The Labute approximate surface area is 132 Å². The summed E-state index contributed by atoms with van der Waals surface area (Å²) in [5, 5.41) is 10.9. The topological polar surface area (TPSA) is 87.1 Å². The van der Waals surface area contributed by atoms with E-state index in [1.54, 1.807) is 4.57 Å². The SMILES string of the molecule is Cc1ccc2[nH]c(=O)n(Cc3ccc(CNC(=O)O)cc3)c2c1. The molecule has 3 rings (SSSR count). The number of carbonyl (C=O) groups is 1. The van der Waals surface area contributed by atoms with Gasteiger partial charge in [-0.3, -0.25) is 4.57 Å². The number of aromatic amines is 1. The van der Waals surface area contributed by atoms with Crippen LogP contribution < -0.4 is 11.0 Å². The number of amides is 1. The van der Waals surface area contributed by atoms with Gasteiger partial charge in [-0.25, -0.2) is 9.59 Å². The quantitative estimate of drug-likeness (QED) is 0.691. The van der Waals surface area contributed by atoms with Crippen molar-refractivity contribution in [1.82, 2.24) is 14.9 Å². The van der Waals surface area contributed by atoms with Gasteiger partial charge in [0, 0.05) is 6.54 Å². The summed E-state index contributed by atoms with van der Waals surface area (Å²) in [6.45, 7) is 2.72. The number of H-pyrrole nitrogens is 1. The van der Waals surface area contributed by atoms with Crippen LogP contribution in [-0.2, 0) is 13.1 Å². The predicted molar refractivity (Wildman–Crippen MR) is 87.7 cm³/mol. The van der Waals surface area contributed by atoms with Gasteiger partial charge in [-0.05, 0) is 35.7 Å². The van der Waals surface area contributed by atoms with Gasteiger partial charge in [-0.2, -0.15) is 0 Å². The molecule has 1 heterocycles.